The summed E-state index contributed by atoms with van der Waals surface area (Å²) in [5.41, 5.74) is 9.54. The van der Waals surface area contributed by atoms with Crippen molar-refractivity contribution in [1.29, 1.82) is 0 Å². The molecule has 2 saturated heterocycles. The highest BCUT2D eigenvalue weighted by atomic mass is 32.2. The van der Waals surface area contributed by atoms with E-state index in [9.17, 15) is 29.4 Å². The molecule has 234 valence electrons. The minimum Gasteiger partial charge on any atom is -0.481 e. The summed E-state index contributed by atoms with van der Waals surface area (Å²) in [6, 6.07) is -0.203. The summed E-state index contributed by atoms with van der Waals surface area (Å²) >= 11 is 1.68. The van der Waals surface area contributed by atoms with E-state index in [0.29, 0.717) is 31.3 Å². The molecule has 3 atom stereocenters. The van der Waals surface area contributed by atoms with Crippen molar-refractivity contribution in [3.05, 3.63) is 74.5 Å². The van der Waals surface area contributed by atoms with Gasteiger partial charge in [-0.05, 0) is 73.9 Å². The molecule has 3 aliphatic heterocycles. The van der Waals surface area contributed by atoms with Crippen LogP contribution in [0.4, 0.5) is 0 Å². The Morgan fingerprint density at radius 2 is 1.61 bits per heavy atom. The fourth-order valence-corrected chi connectivity index (χ4v) is 7.97. The third-order valence-electron chi connectivity index (χ3n) is 9.46. The molecule has 2 aromatic heterocycles. The van der Waals surface area contributed by atoms with Crippen molar-refractivity contribution in [3.8, 4) is 0 Å². The molecular formula is C33H40N4O6S. The molecule has 0 aliphatic carbocycles. The Hall–Kier alpha value is -3.99. The van der Waals surface area contributed by atoms with E-state index in [1.54, 1.807) is 17.8 Å². The summed E-state index contributed by atoms with van der Waals surface area (Å²) in [5.74, 6) is -0.968. The molecule has 0 radical (unpaired) electrons. The van der Waals surface area contributed by atoms with E-state index in [4.69, 9.17) is 0 Å². The Morgan fingerprint density at radius 3 is 2.16 bits per heavy atom. The minimum atomic E-state index is -0.891. The number of allylic oxidation sites excluding steroid dienone is 1. The van der Waals surface area contributed by atoms with E-state index >= 15 is 0 Å². The van der Waals surface area contributed by atoms with E-state index in [1.165, 1.54) is 0 Å². The van der Waals surface area contributed by atoms with Gasteiger partial charge >= 0.3 is 11.9 Å². The average Bonchev–Trinajstić information content (AvgIpc) is 3.46. The lowest BCUT2D eigenvalue weighted by atomic mass is 9.91. The molecule has 6 N–H and O–H groups in total. The number of hydrogen-bond donors (Lipinski definition) is 6. The maximum atomic E-state index is 12.8. The lowest BCUT2D eigenvalue weighted by Gasteiger charge is -2.12. The van der Waals surface area contributed by atoms with E-state index in [-0.39, 0.29) is 41.4 Å². The SMILES string of the molecule is C=CC1=C(C)[C@@H](Cc2[nH]c(Cc3[nH]c(/C=C4\NC(=O)[C@]5(CS5)[C@H]4CC)c(C)c3CCC(=O)O)c(CCC(=O)O)c2C)NC1=O. The van der Waals surface area contributed by atoms with Gasteiger partial charge in [-0.2, -0.15) is 0 Å². The van der Waals surface area contributed by atoms with Crippen molar-refractivity contribution in [2.75, 3.05) is 5.75 Å². The maximum Gasteiger partial charge on any atom is 0.303 e. The van der Waals surface area contributed by atoms with Crippen LogP contribution in [-0.2, 0) is 44.9 Å². The number of nitrogens with one attached hydrogen (secondary N) is 4. The van der Waals surface area contributed by atoms with Gasteiger partial charge in [0.15, 0.2) is 0 Å². The Bertz CT molecular complexity index is 1620. The number of aliphatic carboxylic acids is 2. The van der Waals surface area contributed by atoms with Gasteiger partial charge in [0, 0.05) is 71.4 Å². The van der Waals surface area contributed by atoms with Gasteiger partial charge < -0.3 is 30.8 Å². The second-order valence-electron chi connectivity index (χ2n) is 12.0. The predicted molar refractivity (Wildman–Crippen MR) is 169 cm³/mol. The quantitative estimate of drug-likeness (QED) is 0.184. The number of amides is 2. The first-order valence-electron chi connectivity index (χ1n) is 15.0. The van der Waals surface area contributed by atoms with Crippen LogP contribution >= 0.6 is 11.8 Å². The van der Waals surface area contributed by atoms with Gasteiger partial charge in [0.05, 0.1) is 6.04 Å². The van der Waals surface area contributed by atoms with Gasteiger partial charge in [-0.1, -0.05) is 19.6 Å². The molecule has 0 bridgehead atoms. The highest BCUT2D eigenvalue weighted by Crippen LogP contribution is 2.57. The number of aromatic nitrogens is 2. The van der Waals surface area contributed by atoms with Crippen molar-refractivity contribution >= 4 is 41.6 Å². The number of H-pyrrole nitrogens is 2. The van der Waals surface area contributed by atoms with Crippen LogP contribution in [-0.4, -0.2) is 60.5 Å². The first-order chi connectivity index (χ1) is 20.9. The molecule has 2 fully saturated rings. The summed E-state index contributed by atoms with van der Waals surface area (Å²) in [5, 5.41) is 25.1. The zero-order chi connectivity index (χ0) is 31.9. The van der Waals surface area contributed by atoms with Crippen molar-refractivity contribution in [1.82, 2.24) is 20.6 Å². The number of rotatable bonds is 13. The molecule has 5 heterocycles. The molecule has 1 spiro atoms. The molecule has 0 saturated carbocycles. The van der Waals surface area contributed by atoms with E-state index in [1.807, 2.05) is 26.8 Å². The molecule has 5 rings (SSSR count). The lowest BCUT2D eigenvalue weighted by Crippen LogP contribution is -2.30. The van der Waals surface area contributed by atoms with Gasteiger partial charge in [-0.15, -0.1) is 11.8 Å². The normalized spacial score (nSPS) is 23.5. The summed E-state index contributed by atoms with van der Waals surface area (Å²) in [6.07, 6.45) is 5.93. The largest absolute Gasteiger partial charge is 0.481 e. The standard InChI is InChI=1S/C33H40N4O6S/c1-6-19-16(3)25(36-31(19)42)12-23-17(4)20(8-10-29(38)39)26(34-23)14-27-21(9-11-30(40)41)18(5)24(35-27)13-28-22(7-2)33(15-44-33)32(43)37-28/h6,13,22,25,34-35H,1,7-12,14-15H2,2-5H3,(H,36,42)(H,37,43)(H,38,39)(H,40,41)/b28-13-/t22-,25+,33-/m0/s1. The van der Waals surface area contributed by atoms with Crippen LogP contribution < -0.4 is 10.6 Å². The van der Waals surface area contributed by atoms with Crippen molar-refractivity contribution in [3.63, 3.8) is 0 Å². The zero-order valence-corrected chi connectivity index (χ0v) is 26.4. The average molecular weight is 621 g/mol. The monoisotopic (exact) mass is 620 g/mol. The van der Waals surface area contributed by atoms with Crippen LogP contribution in [0.3, 0.4) is 0 Å². The summed E-state index contributed by atoms with van der Waals surface area (Å²) in [7, 11) is 0. The number of carboxylic acid groups (broad SMARTS) is 2. The Labute approximate surface area is 260 Å². The summed E-state index contributed by atoms with van der Waals surface area (Å²) in [4.78, 5) is 55.4. The van der Waals surface area contributed by atoms with Crippen LogP contribution in [0.1, 0.15) is 78.1 Å². The molecule has 0 aromatic carbocycles. The smallest absolute Gasteiger partial charge is 0.303 e. The summed E-state index contributed by atoms with van der Waals surface area (Å²) in [6.45, 7) is 11.7. The van der Waals surface area contributed by atoms with Gasteiger partial charge in [-0.3, -0.25) is 19.2 Å². The minimum absolute atomic E-state index is 0.0321. The lowest BCUT2D eigenvalue weighted by molar-refractivity contribution is -0.138. The first kappa shape index (κ1) is 31.4. The van der Waals surface area contributed by atoms with Crippen LogP contribution in [0.2, 0.25) is 0 Å². The topological polar surface area (TPSA) is 164 Å². The van der Waals surface area contributed by atoms with Crippen molar-refractivity contribution < 1.29 is 29.4 Å². The van der Waals surface area contributed by atoms with Crippen molar-refractivity contribution in [2.24, 2.45) is 5.92 Å². The second-order valence-corrected chi connectivity index (χ2v) is 13.3. The highest BCUT2D eigenvalue weighted by molar-refractivity contribution is 8.08. The van der Waals surface area contributed by atoms with E-state index in [0.717, 1.165) is 68.5 Å². The molecule has 0 unspecified atom stereocenters. The van der Waals surface area contributed by atoms with Crippen LogP contribution in [0.15, 0.2) is 29.5 Å². The maximum absolute atomic E-state index is 12.8. The third kappa shape index (κ3) is 5.77. The van der Waals surface area contributed by atoms with Crippen LogP contribution in [0.5, 0.6) is 0 Å². The number of thioether (sulfide) groups is 1. The molecule has 3 aliphatic rings. The fraction of sp³-hybridized carbons (Fsp3) is 0.455. The molecule has 11 heteroatoms. The second kappa shape index (κ2) is 12.2. The van der Waals surface area contributed by atoms with Gasteiger partial charge in [-0.25, -0.2) is 0 Å². The number of carbonyl (C=O) groups excluding carboxylic acids is 2. The van der Waals surface area contributed by atoms with Crippen LogP contribution in [0.25, 0.3) is 6.08 Å². The third-order valence-corrected chi connectivity index (χ3v) is 10.8. The zero-order valence-electron chi connectivity index (χ0n) is 25.6. The number of hydrogen-bond acceptors (Lipinski definition) is 5. The molecule has 2 amide bonds. The molecule has 2 aromatic rings. The Balaban J connectivity index is 1.51. The van der Waals surface area contributed by atoms with E-state index < -0.39 is 11.9 Å². The van der Waals surface area contributed by atoms with Crippen molar-refractivity contribution in [2.45, 2.75) is 83.4 Å². The Morgan fingerprint density at radius 1 is 1.00 bits per heavy atom. The van der Waals surface area contributed by atoms with Gasteiger partial charge in [0.2, 0.25) is 5.91 Å². The number of aromatic amines is 2. The predicted octanol–water partition coefficient (Wildman–Crippen LogP) is 4.11. The Kier molecular flexibility index (Phi) is 8.71. The highest BCUT2D eigenvalue weighted by Gasteiger charge is 2.61. The first-order valence-corrected chi connectivity index (χ1v) is 16.0. The molecule has 44 heavy (non-hydrogen) atoms. The number of carbonyl (C=O) groups is 4. The van der Waals surface area contributed by atoms with Crippen LogP contribution in [0, 0.1) is 19.8 Å². The summed E-state index contributed by atoms with van der Waals surface area (Å²) < 4.78 is -0.369. The van der Waals surface area contributed by atoms with Gasteiger partial charge in [0.1, 0.15) is 4.75 Å². The van der Waals surface area contributed by atoms with Gasteiger partial charge in [0.25, 0.3) is 5.91 Å². The fourth-order valence-electron chi connectivity index (χ4n) is 6.81. The molecule has 10 nitrogen and oxygen atoms in total. The number of carboxylic acids is 2. The van der Waals surface area contributed by atoms with E-state index in [2.05, 4.69) is 34.1 Å². The molecular weight excluding hydrogens is 580 g/mol.